The number of guanidine groups is 1. The molecule has 6 heteroatoms. The highest BCUT2D eigenvalue weighted by Crippen LogP contribution is 2.34. The predicted octanol–water partition coefficient (Wildman–Crippen LogP) is 3.84. The van der Waals surface area contributed by atoms with Gasteiger partial charge in [-0.05, 0) is 47.9 Å². The summed E-state index contributed by atoms with van der Waals surface area (Å²) < 4.78 is 0. The van der Waals surface area contributed by atoms with E-state index in [4.69, 9.17) is 0 Å². The van der Waals surface area contributed by atoms with Crippen LogP contribution in [0.25, 0.3) is 0 Å². The number of aliphatic imine (C=N–C) groups is 1. The van der Waals surface area contributed by atoms with Gasteiger partial charge in [-0.2, -0.15) is 0 Å². The van der Waals surface area contributed by atoms with Crippen molar-refractivity contribution < 1.29 is 0 Å². The monoisotopic (exact) mass is 482 g/mol. The maximum absolute atomic E-state index is 4.42. The third-order valence-electron chi connectivity index (χ3n) is 5.35. The molecule has 0 bridgehead atoms. The number of hydrogen-bond donors (Lipinski definition) is 2. The van der Waals surface area contributed by atoms with E-state index >= 15 is 0 Å². The van der Waals surface area contributed by atoms with Crippen molar-refractivity contribution in [3.8, 4) is 0 Å². The largest absolute Gasteiger partial charge is 0.363 e. The van der Waals surface area contributed by atoms with Crippen molar-refractivity contribution in [3.05, 3.63) is 52.9 Å². The molecule has 0 saturated carbocycles. The molecule has 2 N–H and O–H groups in total. The van der Waals surface area contributed by atoms with Crippen LogP contribution < -0.4 is 15.5 Å². The molecule has 1 saturated heterocycles. The second kappa shape index (κ2) is 9.08. The first-order valence-electron chi connectivity index (χ1n) is 9.17. The zero-order valence-corrected chi connectivity index (χ0v) is 18.3. The summed E-state index contributed by atoms with van der Waals surface area (Å²) in [6, 6.07) is 13.6. The Labute approximate surface area is 177 Å². The standard InChI is InChI=1S/C20H26N4S.HI/c1-21-20(22-14-16-13-15-5-2-3-6-18(15)16)23-17-8-10-24(11-9-17)19-7-4-12-25-19;/h2-7,12,16-17H,8-11,13-14H2,1H3,(H2,21,22,23);1H. The van der Waals surface area contributed by atoms with Crippen LogP contribution in [0.2, 0.25) is 0 Å². The van der Waals surface area contributed by atoms with Crippen LogP contribution in [-0.4, -0.2) is 38.7 Å². The van der Waals surface area contributed by atoms with Gasteiger partial charge in [0, 0.05) is 38.6 Å². The zero-order valence-electron chi connectivity index (χ0n) is 15.1. The van der Waals surface area contributed by atoms with Crippen molar-refractivity contribution in [2.75, 3.05) is 31.6 Å². The first-order chi connectivity index (χ1) is 12.3. The molecule has 1 aromatic carbocycles. The summed E-state index contributed by atoms with van der Waals surface area (Å²) >= 11 is 1.83. The highest BCUT2D eigenvalue weighted by atomic mass is 127. The Hall–Kier alpha value is -1.28. The summed E-state index contributed by atoms with van der Waals surface area (Å²) in [6.45, 7) is 3.20. The van der Waals surface area contributed by atoms with Gasteiger partial charge in [-0.3, -0.25) is 4.99 Å². The van der Waals surface area contributed by atoms with Crippen LogP contribution in [0, 0.1) is 0 Å². The molecule has 0 radical (unpaired) electrons. The fourth-order valence-corrected chi connectivity index (χ4v) is 4.63. The first kappa shape index (κ1) is 19.5. The molecule has 1 atom stereocenters. The molecule has 2 heterocycles. The van der Waals surface area contributed by atoms with Gasteiger partial charge < -0.3 is 15.5 Å². The molecule has 1 aromatic heterocycles. The van der Waals surface area contributed by atoms with Crippen LogP contribution in [0.15, 0.2) is 46.8 Å². The van der Waals surface area contributed by atoms with Gasteiger partial charge in [-0.25, -0.2) is 0 Å². The van der Waals surface area contributed by atoms with E-state index in [1.165, 1.54) is 22.5 Å². The van der Waals surface area contributed by atoms with Crippen molar-refractivity contribution in [3.63, 3.8) is 0 Å². The van der Waals surface area contributed by atoms with Crippen molar-refractivity contribution in [2.45, 2.75) is 31.2 Å². The Morgan fingerprint density at radius 3 is 2.69 bits per heavy atom. The highest BCUT2D eigenvalue weighted by molar-refractivity contribution is 14.0. The van der Waals surface area contributed by atoms with Gasteiger partial charge in [0.25, 0.3) is 0 Å². The Balaban J connectivity index is 0.00000196. The van der Waals surface area contributed by atoms with Crippen LogP contribution in [0.5, 0.6) is 0 Å². The lowest BCUT2D eigenvalue weighted by Gasteiger charge is -2.34. The fraction of sp³-hybridized carbons (Fsp3) is 0.450. The normalized spacial score (nSPS) is 20.0. The number of thiophene rings is 1. The van der Waals surface area contributed by atoms with Crippen LogP contribution in [0.3, 0.4) is 0 Å². The number of anilines is 1. The summed E-state index contributed by atoms with van der Waals surface area (Å²) in [5.41, 5.74) is 2.99. The third-order valence-corrected chi connectivity index (χ3v) is 6.28. The molecule has 1 aliphatic carbocycles. The van der Waals surface area contributed by atoms with E-state index in [2.05, 4.69) is 62.3 Å². The second-order valence-corrected chi connectivity index (χ2v) is 7.84. The third kappa shape index (κ3) is 4.34. The first-order valence-corrected chi connectivity index (χ1v) is 10.0. The summed E-state index contributed by atoms with van der Waals surface area (Å²) in [7, 11) is 1.87. The predicted molar refractivity (Wildman–Crippen MR) is 122 cm³/mol. The Morgan fingerprint density at radius 2 is 2.00 bits per heavy atom. The van der Waals surface area contributed by atoms with E-state index in [1.807, 2.05) is 18.4 Å². The number of hydrogen-bond acceptors (Lipinski definition) is 3. The maximum atomic E-state index is 4.42. The van der Waals surface area contributed by atoms with E-state index in [9.17, 15) is 0 Å². The van der Waals surface area contributed by atoms with Crippen molar-refractivity contribution in [2.24, 2.45) is 4.99 Å². The van der Waals surface area contributed by atoms with Crippen LogP contribution in [0.1, 0.15) is 29.9 Å². The van der Waals surface area contributed by atoms with Gasteiger partial charge in [-0.15, -0.1) is 35.3 Å². The van der Waals surface area contributed by atoms with Crippen LogP contribution in [-0.2, 0) is 6.42 Å². The van der Waals surface area contributed by atoms with Crippen molar-refractivity contribution in [1.82, 2.24) is 10.6 Å². The molecule has 2 aromatic rings. The molecule has 1 aliphatic heterocycles. The van der Waals surface area contributed by atoms with Gasteiger partial charge in [-0.1, -0.05) is 24.3 Å². The van der Waals surface area contributed by atoms with E-state index in [0.717, 1.165) is 38.4 Å². The summed E-state index contributed by atoms with van der Waals surface area (Å²) in [6.07, 6.45) is 3.50. The van der Waals surface area contributed by atoms with Crippen molar-refractivity contribution >= 4 is 46.3 Å². The van der Waals surface area contributed by atoms with E-state index in [-0.39, 0.29) is 24.0 Å². The average molecular weight is 482 g/mol. The van der Waals surface area contributed by atoms with E-state index in [0.29, 0.717) is 12.0 Å². The fourth-order valence-electron chi connectivity index (χ4n) is 3.85. The Kier molecular flexibility index (Phi) is 6.80. The number of nitrogens with zero attached hydrogens (tertiary/aromatic N) is 2. The van der Waals surface area contributed by atoms with E-state index < -0.39 is 0 Å². The molecule has 0 spiro atoms. The van der Waals surface area contributed by atoms with E-state index in [1.54, 1.807) is 0 Å². The molecule has 4 nitrogen and oxygen atoms in total. The summed E-state index contributed by atoms with van der Waals surface area (Å²) in [5.74, 6) is 1.56. The summed E-state index contributed by atoms with van der Waals surface area (Å²) in [5, 5.41) is 10.7. The quantitative estimate of drug-likeness (QED) is 0.395. The molecular weight excluding hydrogens is 455 g/mol. The lowest BCUT2D eigenvalue weighted by Crippen LogP contribution is -2.49. The summed E-state index contributed by atoms with van der Waals surface area (Å²) in [4.78, 5) is 6.91. The number of nitrogens with one attached hydrogen (secondary N) is 2. The van der Waals surface area contributed by atoms with Gasteiger partial charge in [0.2, 0.25) is 0 Å². The van der Waals surface area contributed by atoms with Crippen LogP contribution >= 0.6 is 35.3 Å². The molecular formula is C20H27IN4S. The maximum Gasteiger partial charge on any atom is 0.191 e. The minimum atomic E-state index is 0. The lowest BCUT2D eigenvalue weighted by atomic mass is 9.78. The number of rotatable bonds is 4. The number of halogens is 1. The number of benzene rings is 1. The molecule has 1 unspecified atom stereocenters. The molecule has 0 amide bonds. The zero-order chi connectivity index (χ0) is 17.1. The smallest absolute Gasteiger partial charge is 0.191 e. The van der Waals surface area contributed by atoms with Gasteiger partial charge in [0.15, 0.2) is 5.96 Å². The second-order valence-electron chi connectivity index (χ2n) is 6.91. The number of fused-ring (bicyclic) bond motifs is 1. The Morgan fingerprint density at radius 1 is 1.19 bits per heavy atom. The molecule has 140 valence electrons. The van der Waals surface area contributed by atoms with Gasteiger partial charge in [0.05, 0.1) is 5.00 Å². The SMILES string of the molecule is CN=C(NCC1Cc2ccccc21)NC1CCN(c2cccs2)CC1.I. The van der Waals surface area contributed by atoms with Crippen molar-refractivity contribution in [1.29, 1.82) is 0 Å². The van der Waals surface area contributed by atoms with Gasteiger partial charge in [0.1, 0.15) is 0 Å². The average Bonchev–Trinajstić information content (AvgIpc) is 3.17. The highest BCUT2D eigenvalue weighted by Gasteiger charge is 2.26. The minimum Gasteiger partial charge on any atom is -0.363 e. The topological polar surface area (TPSA) is 39.7 Å². The van der Waals surface area contributed by atoms with Gasteiger partial charge >= 0.3 is 0 Å². The number of piperidine rings is 1. The lowest BCUT2D eigenvalue weighted by molar-refractivity contribution is 0.460. The molecule has 1 fully saturated rings. The molecule has 26 heavy (non-hydrogen) atoms. The Bertz CT molecular complexity index is 723. The van der Waals surface area contributed by atoms with Crippen LogP contribution in [0.4, 0.5) is 5.00 Å². The molecule has 2 aliphatic rings. The minimum absolute atomic E-state index is 0. The molecule has 4 rings (SSSR count).